The van der Waals surface area contributed by atoms with Crippen LogP contribution in [-0.4, -0.2) is 24.9 Å². The predicted octanol–water partition coefficient (Wildman–Crippen LogP) is 9.94. The van der Waals surface area contributed by atoms with Gasteiger partial charge in [0.25, 0.3) is 0 Å². The Hall–Kier alpha value is -6.07. The highest BCUT2D eigenvalue weighted by molar-refractivity contribution is 5.97. The van der Waals surface area contributed by atoms with Gasteiger partial charge in [0.05, 0.1) is 5.69 Å². The largest absolute Gasteiger partial charge is 0.236 e. The number of rotatable bonds is 4. The Kier molecular flexibility index (Phi) is 6.09. The van der Waals surface area contributed by atoms with Crippen LogP contribution in [0.1, 0.15) is 25.1 Å². The van der Waals surface area contributed by atoms with E-state index in [2.05, 4.69) is 135 Å². The summed E-state index contributed by atoms with van der Waals surface area (Å²) in [5.41, 5.74) is 8.14. The van der Waals surface area contributed by atoms with Gasteiger partial charge in [-0.3, -0.25) is 0 Å². The highest BCUT2D eigenvalue weighted by Gasteiger charge is 2.37. The minimum atomic E-state index is -0.212. The number of hydrogen-bond acceptors (Lipinski definition) is 5. The van der Waals surface area contributed by atoms with E-state index >= 15 is 0 Å². The van der Waals surface area contributed by atoms with Gasteiger partial charge in [-0.05, 0) is 38.7 Å². The zero-order valence-corrected chi connectivity index (χ0v) is 26.0. The summed E-state index contributed by atoms with van der Waals surface area (Å²) in [5, 5.41) is 4.47. The van der Waals surface area contributed by atoms with Crippen LogP contribution in [0.5, 0.6) is 0 Å². The summed E-state index contributed by atoms with van der Waals surface area (Å²) in [5.74, 6) is 2.55. The second kappa shape index (κ2) is 10.5. The van der Waals surface area contributed by atoms with E-state index in [4.69, 9.17) is 24.9 Å². The molecule has 5 heteroatoms. The SMILES string of the molecule is CC1(C)c2ccccc2-c2cnc(-c3cccc(-c4nc(-c5cccc6ccccc56)nc(-c5cccc6ccccc56)n4)c3)nc21. The Morgan fingerprint density at radius 3 is 1.62 bits per heavy atom. The van der Waals surface area contributed by atoms with Crippen molar-refractivity contribution in [3.8, 4) is 56.7 Å². The monoisotopic (exact) mass is 603 g/mol. The molecule has 6 aromatic carbocycles. The maximum atomic E-state index is 5.16. The smallest absolute Gasteiger partial charge is 0.164 e. The van der Waals surface area contributed by atoms with Gasteiger partial charge in [0.1, 0.15) is 0 Å². The van der Waals surface area contributed by atoms with E-state index in [1.165, 1.54) is 11.1 Å². The third-order valence-electron chi connectivity index (χ3n) is 9.35. The minimum absolute atomic E-state index is 0.212. The topological polar surface area (TPSA) is 64.5 Å². The molecule has 0 amide bonds. The molecule has 0 N–H and O–H groups in total. The molecule has 0 unspecified atom stereocenters. The molecule has 0 bridgehead atoms. The molecule has 0 aliphatic heterocycles. The molecule has 0 fully saturated rings. The quantitative estimate of drug-likeness (QED) is 0.200. The third-order valence-corrected chi connectivity index (χ3v) is 9.35. The molecule has 5 nitrogen and oxygen atoms in total. The first-order valence-corrected chi connectivity index (χ1v) is 15.9. The molecule has 0 saturated carbocycles. The van der Waals surface area contributed by atoms with Gasteiger partial charge in [-0.1, -0.05) is 141 Å². The zero-order valence-electron chi connectivity index (χ0n) is 26.0. The lowest BCUT2D eigenvalue weighted by molar-refractivity contribution is 0.636. The van der Waals surface area contributed by atoms with Crippen LogP contribution < -0.4 is 0 Å². The van der Waals surface area contributed by atoms with Crippen molar-refractivity contribution in [1.82, 2.24) is 24.9 Å². The summed E-state index contributed by atoms with van der Waals surface area (Å²) in [7, 11) is 0. The van der Waals surface area contributed by atoms with Gasteiger partial charge in [-0.2, -0.15) is 0 Å². The molecule has 47 heavy (non-hydrogen) atoms. The third kappa shape index (κ3) is 4.43. The predicted molar refractivity (Wildman–Crippen MR) is 190 cm³/mol. The number of benzene rings is 6. The van der Waals surface area contributed by atoms with Gasteiger partial charge in [-0.25, -0.2) is 24.9 Å². The summed E-state index contributed by atoms with van der Waals surface area (Å²) in [6, 6.07) is 46.0. The number of hydrogen-bond donors (Lipinski definition) is 0. The van der Waals surface area contributed by atoms with Crippen LogP contribution in [0.2, 0.25) is 0 Å². The standard InChI is InChI=1S/C42H29N5/c1-42(2)36-23-8-7-20-32(36)35-25-43-38(44-37(35)42)28-16-9-17-29(24-28)39-45-40(33-21-10-14-26-12-3-5-18-30(26)33)47-41(46-39)34-22-11-15-27-13-4-6-19-31(27)34/h3-25H,1-2H3. The molecule has 0 radical (unpaired) electrons. The van der Waals surface area contributed by atoms with Crippen molar-refractivity contribution in [1.29, 1.82) is 0 Å². The molecular weight excluding hydrogens is 574 g/mol. The second-order valence-corrected chi connectivity index (χ2v) is 12.6. The average Bonchev–Trinajstić information content (AvgIpc) is 3.36. The van der Waals surface area contributed by atoms with Crippen LogP contribution in [0.4, 0.5) is 0 Å². The molecule has 8 aromatic rings. The van der Waals surface area contributed by atoms with Gasteiger partial charge in [0.2, 0.25) is 0 Å². The Bertz CT molecular complexity index is 2410. The Morgan fingerprint density at radius 1 is 0.426 bits per heavy atom. The molecule has 0 spiro atoms. The lowest BCUT2D eigenvalue weighted by Crippen LogP contribution is -2.17. The van der Waals surface area contributed by atoms with E-state index in [9.17, 15) is 0 Å². The first kappa shape index (κ1) is 27.3. The van der Waals surface area contributed by atoms with E-state index in [1.807, 2.05) is 18.3 Å². The molecule has 222 valence electrons. The molecule has 2 aromatic heterocycles. The number of nitrogens with zero attached hydrogens (tertiary/aromatic N) is 5. The van der Waals surface area contributed by atoms with Crippen LogP contribution in [-0.2, 0) is 5.41 Å². The first-order valence-electron chi connectivity index (χ1n) is 15.9. The van der Waals surface area contributed by atoms with E-state index in [0.29, 0.717) is 23.3 Å². The summed E-state index contributed by atoms with van der Waals surface area (Å²) in [6.45, 7) is 4.47. The van der Waals surface area contributed by atoms with E-state index in [0.717, 1.165) is 55.1 Å². The molecule has 9 rings (SSSR count). The van der Waals surface area contributed by atoms with Crippen LogP contribution in [0, 0.1) is 0 Å². The second-order valence-electron chi connectivity index (χ2n) is 12.6. The van der Waals surface area contributed by atoms with Crippen molar-refractivity contribution in [2.75, 3.05) is 0 Å². The average molecular weight is 604 g/mol. The molecule has 1 aliphatic rings. The Balaban J connectivity index is 1.22. The highest BCUT2D eigenvalue weighted by Crippen LogP contribution is 2.47. The minimum Gasteiger partial charge on any atom is -0.236 e. The normalized spacial score (nSPS) is 13.1. The van der Waals surface area contributed by atoms with Crippen molar-refractivity contribution < 1.29 is 0 Å². The summed E-state index contributed by atoms with van der Waals surface area (Å²) < 4.78 is 0. The van der Waals surface area contributed by atoms with Gasteiger partial charge in [0.15, 0.2) is 23.3 Å². The van der Waals surface area contributed by atoms with Gasteiger partial charge in [0, 0.05) is 39.4 Å². The van der Waals surface area contributed by atoms with Crippen LogP contribution in [0.15, 0.2) is 140 Å². The fourth-order valence-electron chi connectivity index (χ4n) is 6.97. The summed E-state index contributed by atoms with van der Waals surface area (Å²) in [6.07, 6.45) is 1.97. The molecule has 2 heterocycles. The van der Waals surface area contributed by atoms with Crippen molar-refractivity contribution >= 4 is 21.5 Å². The number of fused-ring (bicyclic) bond motifs is 5. The molecule has 0 atom stereocenters. The first-order chi connectivity index (χ1) is 23.0. The van der Waals surface area contributed by atoms with Crippen molar-refractivity contribution in [3.63, 3.8) is 0 Å². The Labute approximate surface area is 272 Å². The lowest BCUT2D eigenvalue weighted by Gasteiger charge is -2.20. The Morgan fingerprint density at radius 2 is 0.936 bits per heavy atom. The van der Waals surface area contributed by atoms with Gasteiger partial charge in [-0.15, -0.1) is 0 Å². The van der Waals surface area contributed by atoms with E-state index in [-0.39, 0.29) is 5.41 Å². The van der Waals surface area contributed by atoms with Gasteiger partial charge < -0.3 is 0 Å². The maximum absolute atomic E-state index is 5.16. The van der Waals surface area contributed by atoms with Crippen LogP contribution in [0.25, 0.3) is 78.2 Å². The fourth-order valence-corrected chi connectivity index (χ4v) is 6.97. The highest BCUT2D eigenvalue weighted by atomic mass is 15.0. The zero-order chi connectivity index (χ0) is 31.5. The van der Waals surface area contributed by atoms with Crippen molar-refractivity contribution in [3.05, 3.63) is 151 Å². The fraction of sp³-hybridized carbons (Fsp3) is 0.0714. The van der Waals surface area contributed by atoms with Crippen LogP contribution >= 0.6 is 0 Å². The van der Waals surface area contributed by atoms with Crippen LogP contribution in [0.3, 0.4) is 0 Å². The van der Waals surface area contributed by atoms with Crippen molar-refractivity contribution in [2.24, 2.45) is 0 Å². The summed E-state index contributed by atoms with van der Waals surface area (Å²) in [4.78, 5) is 25.3. The molecule has 1 aliphatic carbocycles. The van der Waals surface area contributed by atoms with Crippen molar-refractivity contribution in [2.45, 2.75) is 19.3 Å². The van der Waals surface area contributed by atoms with Gasteiger partial charge >= 0.3 is 0 Å². The lowest BCUT2D eigenvalue weighted by atomic mass is 9.85. The number of aromatic nitrogens is 5. The van der Waals surface area contributed by atoms with E-state index in [1.54, 1.807) is 0 Å². The maximum Gasteiger partial charge on any atom is 0.164 e. The molecule has 0 saturated heterocycles. The van der Waals surface area contributed by atoms with E-state index < -0.39 is 0 Å². The molecular formula is C42H29N5. The summed E-state index contributed by atoms with van der Waals surface area (Å²) >= 11 is 0.